The Morgan fingerprint density at radius 2 is 2.24 bits per heavy atom. The highest BCUT2D eigenvalue weighted by Gasteiger charge is 2.27. The molecule has 1 aromatic rings. The Hall–Kier alpha value is -1.09. The second kappa shape index (κ2) is 5.50. The van der Waals surface area contributed by atoms with Crippen molar-refractivity contribution in [3.63, 3.8) is 0 Å². The summed E-state index contributed by atoms with van der Waals surface area (Å²) in [7, 11) is 1.65. The van der Waals surface area contributed by atoms with Crippen LogP contribution in [0.25, 0.3) is 0 Å². The lowest BCUT2D eigenvalue weighted by Gasteiger charge is -2.15. The van der Waals surface area contributed by atoms with Gasteiger partial charge < -0.3 is 10.1 Å². The number of hydrogen-bond acceptors (Lipinski definition) is 2. The maximum absolute atomic E-state index is 13.3. The maximum atomic E-state index is 13.3. The summed E-state index contributed by atoms with van der Waals surface area (Å²) in [4.78, 5) is 0. The first-order valence-corrected chi connectivity index (χ1v) is 6.31. The Bertz CT molecular complexity index is 380. The van der Waals surface area contributed by atoms with Crippen LogP contribution in [0.2, 0.25) is 0 Å². The summed E-state index contributed by atoms with van der Waals surface area (Å²) in [5.41, 5.74) is 1.02. The van der Waals surface area contributed by atoms with E-state index in [2.05, 4.69) is 12.2 Å². The molecule has 0 amide bonds. The molecule has 1 fully saturated rings. The molecule has 2 rings (SSSR count). The van der Waals surface area contributed by atoms with Gasteiger partial charge in [0, 0.05) is 11.6 Å². The zero-order valence-electron chi connectivity index (χ0n) is 10.5. The number of hydrogen-bond donors (Lipinski definition) is 1. The van der Waals surface area contributed by atoms with Gasteiger partial charge in [0.2, 0.25) is 0 Å². The first-order valence-electron chi connectivity index (χ1n) is 6.31. The van der Waals surface area contributed by atoms with Crippen molar-refractivity contribution in [3.05, 3.63) is 29.6 Å². The van der Waals surface area contributed by atoms with Gasteiger partial charge in [0.15, 0.2) is 0 Å². The van der Waals surface area contributed by atoms with E-state index in [0.29, 0.717) is 12.0 Å². The zero-order valence-corrected chi connectivity index (χ0v) is 10.5. The minimum Gasteiger partial charge on any atom is -0.496 e. The van der Waals surface area contributed by atoms with Gasteiger partial charge >= 0.3 is 0 Å². The van der Waals surface area contributed by atoms with Crippen LogP contribution in [0.4, 0.5) is 4.39 Å². The summed E-state index contributed by atoms with van der Waals surface area (Å²) in [6, 6.07) is 5.38. The van der Waals surface area contributed by atoms with E-state index in [9.17, 15) is 4.39 Å². The van der Waals surface area contributed by atoms with E-state index < -0.39 is 0 Å². The quantitative estimate of drug-likeness (QED) is 0.869. The molecule has 1 aliphatic rings. The van der Waals surface area contributed by atoms with Gasteiger partial charge in [-0.15, -0.1) is 0 Å². The lowest BCUT2D eigenvalue weighted by molar-refractivity contribution is 0.403. The van der Waals surface area contributed by atoms with Crippen LogP contribution < -0.4 is 10.1 Å². The normalized spacial score (nSPS) is 23.9. The van der Waals surface area contributed by atoms with Gasteiger partial charge in [0.25, 0.3) is 0 Å². The van der Waals surface area contributed by atoms with E-state index in [1.54, 1.807) is 19.2 Å². The van der Waals surface area contributed by atoms with E-state index >= 15 is 0 Å². The van der Waals surface area contributed by atoms with Crippen molar-refractivity contribution >= 4 is 0 Å². The van der Waals surface area contributed by atoms with E-state index in [-0.39, 0.29) is 5.82 Å². The molecule has 0 saturated heterocycles. The minimum absolute atomic E-state index is 0.173. The number of halogens is 1. The number of benzene rings is 1. The van der Waals surface area contributed by atoms with Crippen molar-refractivity contribution in [2.24, 2.45) is 0 Å². The second-order valence-corrected chi connectivity index (χ2v) is 4.65. The molecule has 2 unspecified atom stereocenters. The van der Waals surface area contributed by atoms with Gasteiger partial charge in [-0.25, -0.2) is 4.39 Å². The first kappa shape index (κ1) is 12.4. The number of nitrogens with one attached hydrogen (secondary N) is 1. The Balaban J connectivity index is 2.14. The lowest BCUT2D eigenvalue weighted by Crippen LogP contribution is -2.25. The molecule has 0 aliphatic heterocycles. The zero-order chi connectivity index (χ0) is 12.3. The molecule has 2 atom stereocenters. The van der Waals surface area contributed by atoms with Crippen LogP contribution in [0.5, 0.6) is 5.75 Å². The molecule has 0 spiro atoms. The van der Waals surface area contributed by atoms with Crippen LogP contribution in [0.3, 0.4) is 0 Å². The third-order valence-corrected chi connectivity index (χ3v) is 3.56. The fourth-order valence-corrected chi connectivity index (χ4v) is 2.76. The summed E-state index contributed by atoms with van der Waals surface area (Å²) in [6.07, 6.45) is 3.35. The molecule has 0 radical (unpaired) electrons. The van der Waals surface area contributed by atoms with Crippen molar-refractivity contribution in [2.45, 2.75) is 38.1 Å². The van der Waals surface area contributed by atoms with E-state index in [0.717, 1.165) is 37.1 Å². The second-order valence-electron chi connectivity index (χ2n) is 4.65. The lowest BCUT2D eigenvalue weighted by atomic mass is 9.96. The topological polar surface area (TPSA) is 21.3 Å². The minimum atomic E-state index is -0.173. The molecule has 1 N–H and O–H groups in total. The third-order valence-electron chi connectivity index (χ3n) is 3.56. The van der Waals surface area contributed by atoms with E-state index in [1.807, 2.05) is 0 Å². The Morgan fingerprint density at radius 1 is 1.41 bits per heavy atom. The molecule has 0 aromatic heterocycles. The summed E-state index contributed by atoms with van der Waals surface area (Å²) in [5.74, 6) is 1.06. The largest absolute Gasteiger partial charge is 0.496 e. The van der Waals surface area contributed by atoms with Crippen LogP contribution in [-0.2, 0) is 0 Å². The highest BCUT2D eigenvalue weighted by Crippen LogP contribution is 2.39. The van der Waals surface area contributed by atoms with Gasteiger partial charge in [-0.05, 0) is 49.9 Å². The number of rotatable bonds is 4. The molecule has 94 valence electrons. The summed E-state index contributed by atoms with van der Waals surface area (Å²) in [5, 5.41) is 3.46. The molecule has 17 heavy (non-hydrogen) atoms. The van der Waals surface area contributed by atoms with Crippen molar-refractivity contribution in [3.8, 4) is 5.75 Å². The third kappa shape index (κ3) is 2.78. The van der Waals surface area contributed by atoms with Gasteiger partial charge in [0.1, 0.15) is 11.6 Å². The fraction of sp³-hybridized carbons (Fsp3) is 0.571. The van der Waals surface area contributed by atoms with Gasteiger partial charge in [-0.2, -0.15) is 0 Å². The fourth-order valence-electron chi connectivity index (χ4n) is 2.76. The Labute approximate surface area is 102 Å². The maximum Gasteiger partial charge on any atom is 0.123 e. The predicted octanol–water partition coefficient (Wildman–Crippen LogP) is 3.08. The van der Waals surface area contributed by atoms with E-state index in [4.69, 9.17) is 4.74 Å². The Morgan fingerprint density at radius 3 is 2.94 bits per heavy atom. The molecule has 1 saturated carbocycles. The SMILES string of the molecule is CCNC1CCC(c2cc(F)ccc2OC)C1. The summed E-state index contributed by atoms with van der Waals surface area (Å²) >= 11 is 0. The molecule has 0 bridgehead atoms. The van der Waals surface area contributed by atoms with Crippen molar-refractivity contribution < 1.29 is 9.13 Å². The van der Waals surface area contributed by atoms with Gasteiger partial charge in [-0.3, -0.25) is 0 Å². The van der Waals surface area contributed by atoms with Gasteiger partial charge in [-0.1, -0.05) is 6.92 Å². The molecule has 2 nitrogen and oxygen atoms in total. The van der Waals surface area contributed by atoms with Crippen molar-refractivity contribution in [1.29, 1.82) is 0 Å². The smallest absolute Gasteiger partial charge is 0.123 e. The highest BCUT2D eigenvalue weighted by molar-refractivity contribution is 5.37. The first-order chi connectivity index (χ1) is 8.24. The summed E-state index contributed by atoms with van der Waals surface area (Å²) < 4.78 is 18.6. The van der Waals surface area contributed by atoms with Crippen LogP contribution in [0.1, 0.15) is 37.7 Å². The molecular weight excluding hydrogens is 217 g/mol. The highest BCUT2D eigenvalue weighted by atomic mass is 19.1. The van der Waals surface area contributed by atoms with Crippen LogP contribution >= 0.6 is 0 Å². The number of methoxy groups -OCH3 is 1. The predicted molar refractivity (Wildman–Crippen MR) is 67.0 cm³/mol. The van der Waals surface area contributed by atoms with Gasteiger partial charge in [0.05, 0.1) is 7.11 Å². The number of ether oxygens (including phenoxy) is 1. The molecule has 1 aromatic carbocycles. The van der Waals surface area contributed by atoms with Crippen LogP contribution in [0.15, 0.2) is 18.2 Å². The molecule has 3 heteroatoms. The monoisotopic (exact) mass is 237 g/mol. The molecule has 1 aliphatic carbocycles. The Kier molecular flexibility index (Phi) is 4.00. The standard InChI is InChI=1S/C14H20FNO/c1-3-16-12-6-4-10(8-12)13-9-11(15)5-7-14(13)17-2/h5,7,9-10,12,16H,3-4,6,8H2,1-2H3. The van der Waals surface area contributed by atoms with E-state index in [1.165, 1.54) is 6.07 Å². The van der Waals surface area contributed by atoms with Crippen LogP contribution in [0, 0.1) is 5.82 Å². The molecule has 0 heterocycles. The van der Waals surface area contributed by atoms with Crippen LogP contribution in [-0.4, -0.2) is 19.7 Å². The van der Waals surface area contributed by atoms with Crippen molar-refractivity contribution in [1.82, 2.24) is 5.32 Å². The summed E-state index contributed by atoms with van der Waals surface area (Å²) in [6.45, 7) is 3.12. The molecular formula is C14H20FNO. The van der Waals surface area contributed by atoms with Crippen molar-refractivity contribution in [2.75, 3.05) is 13.7 Å². The average molecular weight is 237 g/mol. The average Bonchev–Trinajstić information content (AvgIpc) is 2.78.